The molecule has 154 valence electrons. The van der Waals surface area contributed by atoms with Crippen LogP contribution >= 0.6 is 11.8 Å². The van der Waals surface area contributed by atoms with Crippen LogP contribution in [0.2, 0.25) is 0 Å². The number of para-hydroxylation sites is 2. The van der Waals surface area contributed by atoms with E-state index in [4.69, 9.17) is 9.47 Å². The van der Waals surface area contributed by atoms with Crippen LogP contribution in [0.1, 0.15) is 0 Å². The molecule has 0 saturated heterocycles. The van der Waals surface area contributed by atoms with Gasteiger partial charge in [0.2, 0.25) is 10.0 Å². The van der Waals surface area contributed by atoms with Crippen LogP contribution in [0.25, 0.3) is 5.69 Å². The molecule has 0 fully saturated rings. The topological polar surface area (TPSA) is 86.5 Å². The smallest absolute Gasteiger partial charge is 0.242 e. The van der Waals surface area contributed by atoms with Crippen molar-refractivity contribution in [2.75, 3.05) is 33.6 Å². The lowest BCUT2D eigenvalue weighted by molar-refractivity contribution is 0.343. The third kappa shape index (κ3) is 4.89. The van der Waals surface area contributed by atoms with Gasteiger partial charge in [-0.1, -0.05) is 23.9 Å². The molecular formula is C19H22N4O4S2. The second-order valence-corrected chi connectivity index (χ2v) is 9.33. The molecule has 0 aliphatic carbocycles. The summed E-state index contributed by atoms with van der Waals surface area (Å²) in [5.41, 5.74) is 0.862. The van der Waals surface area contributed by atoms with Crippen molar-refractivity contribution >= 4 is 21.8 Å². The van der Waals surface area contributed by atoms with E-state index in [0.29, 0.717) is 18.1 Å². The normalized spacial score (nSPS) is 11.6. The molecule has 0 radical (unpaired) electrons. The summed E-state index contributed by atoms with van der Waals surface area (Å²) in [6.45, 7) is 0.434. The number of rotatable bonds is 9. The first-order chi connectivity index (χ1) is 13.9. The lowest BCUT2D eigenvalue weighted by atomic mass is 10.3. The molecule has 1 aromatic heterocycles. The van der Waals surface area contributed by atoms with E-state index in [1.165, 1.54) is 42.3 Å². The van der Waals surface area contributed by atoms with Gasteiger partial charge < -0.3 is 9.47 Å². The van der Waals surface area contributed by atoms with E-state index in [1.54, 1.807) is 25.6 Å². The van der Waals surface area contributed by atoms with Crippen molar-refractivity contribution in [2.24, 2.45) is 0 Å². The summed E-state index contributed by atoms with van der Waals surface area (Å²) in [7, 11) is 1.19. The first-order valence-electron chi connectivity index (χ1n) is 8.75. The highest BCUT2D eigenvalue weighted by molar-refractivity contribution is 7.99. The monoisotopic (exact) mass is 434 g/mol. The fourth-order valence-corrected chi connectivity index (χ4v) is 4.17. The van der Waals surface area contributed by atoms with E-state index >= 15 is 0 Å². The van der Waals surface area contributed by atoms with E-state index in [2.05, 4.69) is 10.2 Å². The number of aromatic nitrogens is 3. The Balaban J connectivity index is 1.58. The maximum atomic E-state index is 12.1. The van der Waals surface area contributed by atoms with E-state index < -0.39 is 10.0 Å². The van der Waals surface area contributed by atoms with Crippen LogP contribution in [0.15, 0.2) is 64.9 Å². The van der Waals surface area contributed by atoms with Crippen LogP contribution in [0.5, 0.6) is 11.5 Å². The number of hydrogen-bond acceptors (Lipinski definition) is 7. The number of benzene rings is 2. The van der Waals surface area contributed by atoms with Crippen LogP contribution in [-0.2, 0) is 10.0 Å². The lowest BCUT2D eigenvalue weighted by Crippen LogP contribution is -2.22. The molecule has 0 spiro atoms. The molecule has 2 aromatic carbocycles. The van der Waals surface area contributed by atoms with Gasteiger partial charge in [0.1, 0.15) is 17.8 Å². The summed E-state index contributed by atoms with van der Waals surface area (Å²) in [4.78, 5) is 0.231. The predicted molar refractivity (Wildman–Crippen MR) is 111 cm³/mol. The summed E-state index contributed by atoms with van der Waals surface area (Å²) in [6.07, 6.45) is 1.64. The van der Waals surface area contributed by atoms with Crippen molar-refractivity contribution in [2.45, 2.75) is 10.1 Å². The van der Waals surface area contributed by atoms with Gasteiger partial charge in [0, 0.05) is 19.8 Å². The van der Waals surface area contributed by atoms with Crippen LogP contribution in [0.3, 0.4) is 0 Å². The SMILES string of the molecule is COc1ccccc1-n1cnnc1SCCOc1ccc(S(=O)(=O)N(C)C)cc1. The molecule has 10 heteroatoms. The number of methoxy groups -OCH3 is 1. The van der Waals surface area contributed by atoms with E-state index in [0.717, 1.165) is 16.6 Å². The number of sulfonamides is 1. The minimum Gasteiger partial charge on any atom is -0.495 e. The van der Waals surface area contributed by atoms with Crippen molar-refractivity contribution in [3.63, 3.8) is 0 Å². The van der Waals surface area contributed by atoms with Crippen molar-refractivity contribution in [1.29, 1.82) is 0 Å². The molecule has 0 unspecified atom stereocenters. The number of nitrogens with zero attached hydrogens (tertiary/aromatic N) is 4. The first kappa shape index (κ1) is 21.2. The molecule has 0 amide bonds. The first-order valence-corrected chi connectivity index (χ1v) is 11.2. The van der Waals surface area contributed by atoms with Gasteiger partial charge in [-0.25, -0.2) is 12.7 Å². The summed E-state index contributed by atoms with van der Waals surface area (Å²) >= 11 is 1.50. The molecule has 29 heavy (non-hydrogen) atoms. The van der Waals surface area contributed by atoms with Crippen molar-refractivity contribution in [1.82, 2.24) is 19.1 Å². The molecular weight excluding hydrogens is 412 g/mol. The van der Waals surface area contributed by atoms with Gasteiger partial charge in [-0.3, -0.25) is 4.57 Å². The maximum absolute atomic E-state index is 12.1. The van der Waals surface area contributed by atoms with Crippen LogP contribution in [0, 0.1) is 0 Å². The highest BCUT2D eigenvalue weighted by atomic mass is 32.2. The summed E-state index contributed by atoms with van der Waals surface area (Å²) in [6, 6.07) is 14.0. The molecule has 0 bridgehead atoms. The van der Waals surface area contributed by atoms with Gasteiger partial charge in [0.15, 0.2) is 5.16 Å². The third-order valence-corrected chi connectivity index (χ3v) is 6.78. The van der Waals surface area contributed by atoms with Crippen LogP contribution in [0.4, 0.5) is 0 Å². The quantitative estimate of drug-likeness (QED) is 0.378. The Hall–Kier alpha value is -2.56. The molecule has 0 N–H and O–H groups in total. The Bertz CT molecular complexity index is 1050. The molecule has 0 atom stereocenters. The Labute approximate surface area is 174 Å². The maximum Gasteiger partial charge on any atom is 0.242 e. The molecule has 0 saturated carbocycles. The number of ether oxygens (including phenoxy) is 2. The zero-order valence-corrected chi connectivity index (χ0v) is 18.0. The fraction of sp³-hybridized carbons (Fsp3) is 0.263. The highest BCUT2D eigenvalue weighted by Gasteiger charge is 2.16. The van der Waals surface area contributed by atoms with Crippen LogP contribution in [-0.4, -0.2) is 61.1 Å². The van der Waals surface area contributed by atoms with Crippen molar-refractivity contribution < 1.29 is 17.9 Å². The largest absolute Gasteiger partial charge is 0.495 e. The zero-order valence-electron chi connectivity index (χ0n) is 16.3. The van der Waals surface area contributed by atoms with E-state index in [1.807, 2.05) is 28.8 Å². The Morgan fingerprint density at radius 2 is 1.83 bits per heavy atom. The van der Waals surface area contributed by atoms with Gasteiger partial charge in [0.25, 0.3) is 0 Å². The van der Waals surface area contributed by atoms with E-state index in [9.17, 15) is 8.42 Å². The minimum atomic E-state index is -3.44. The van der Waals surface area contributed by atoms with Gasteiger partial charge in [0.05, 0.1) is 24.3 Å². The van der Waals surface area contributed by atoms with Crippen molar-refractivity contribution in [3.8, 4) is 17.2 Å². The number of hydrogen-bond donors (Lipinski definition) is 0. The van der Waals surface area contributed by atoms with Gasteiger partial charge in [-0.05, 0) is 36.4 Å². The van der Waals surface area contributed by atoms with Gasteiger partial charge in [-0.2, -0.15) is 0 Å². The fourth-order valence-electron chi connectivity index (χ4n) is 2.53. The molecule has 8 nitrogen and oxygen atoms in total. The summed E-state index contributed by atoms with van der Waals surface area (Å²) < 4.78 is 38.3. The molecule has 1 heterocycles. The Morgan fingerprint density at radius 3 is 2.52 bits per heavy atom. The highest BCUT2D eigenvalue weighted by Crippen LogP contribution is 2.26. The van der Waals surface area contributed by atoms with Crippen LogP contribution < -0.4 is 9.47 Å². The number of thioether (sulfide) groups is 1. The molecule has 3 aromatic rings. The summed E-state index contributed by atoms with van der Waals surface area (Å²) in [5.74, 6) is 1.98. The summed E-state index contributed by atoms with van der Waals surface area (Å²) in [5, 5.41) is 8.88. The Kier molecular flexibility index (Phi) is 6.78. The molecule has 0 aliphatic rings. The predicted octanol–water partition coefficient (Wildman–Crippen LogP) is 2.70. The van der Waals surface area contributed by atoms with Gasteiger partial charge in [-0.15, -0.1) is 10.2 Å². The second kappa shape index (κ2) is 9.29. The average molecular weight is 435 g/mol. The molecule has 0 aliphatic heterocycles. The van der Waals surface area contributed by atoms with Gasteiger partial charge >= 0.3 is 0 Å². The lowest BCUT2D eigenvalue weighted by Gasteiger charge is -2.12. The molecule has 3 rings (SSSR count). The second-order valence-electron chi connectivity index (χ2n) is 6.11. The van der Waals surface area contributed by atoms with E-state index in [-0.39, 0.29) is 4.90 Å². The van der Waals surface area contributed by atoms with Crippen molar-refractivity contribution in [3.05, 3.63) is 54.9 Å². The zero-order chi connectivity index (χ0) is 20.9. The Morgan fingerprint density at radius 1 is 1.10 bits per heavy atom. The minimum absolute atomic E-state index is 0.231. The standard InChI is InChI=1S/C19H22N4O4S2/c1-22(2)29(24,25)16-10-8-15(9-11-16)27-12-13-28-19-21-20-14-23(19)17-6-4-5-7-18(17)26-3/h4-11,14H,12-13H2,1-3H3. The third-order valence-electron chi connectivity index (χ3n) is 4.05. The average Bonchev–Trinajstić information content (AvgIpc) is 3.19.